The van der Waals surface area contributed by atoms with Gasteiger partial charge in [0.1, 0.15) is 0 Å². The average molecular weight is 275 g/mol. The van der Waals surface area contributed by atoms with Crippen molar-refractivity contribution in [3.8, 4) is 6.07 Å². The van der Waals surface area contributed by atoms with Crippen molar-refractivity contribution in [3.05, 3.63) is 35.4 Å². The molecular formula is C14H17N3O3. The zero-order valence-electron chi connectivity index (χ0n) is 11.5. The van der Waals surface area contributed by atoms with Gasteiger partial charge in [-0.05, 0) is 24.6 Å². The van der Waals surface area contributed by atoms with Crippen LogP contribution in [0.4, 0.5) is 4.79 Å². The van der Waals surface area contributed by atoms with Gasteiger partial charge in [-0.1, -0.05) is 12.1 Å². The molecule has 0 bridgehead atoms. The number of nitriles is 1. The van der Waals surface area contributed by atoms with E-state index >= 15 is 0 Å². The van der Waals surface area contributed by atoms with Crippen molar-refractivity contribution in [1.82, 2.24) is 10.2 Å². The molecule has 0 saturated heterocycles. The fraction of sp³-hybridized carbons (Fsp3) is 0.357. The number of carboxylic acids is 1. The Balaban J connectivity index is 2.55. The number of nitrogens with zero attached hydrogens (tertiary/aromatic N) is 2. The Morgan fingerprint density at radius 2 is 2.20 bits per heavy atom. The smallest absolute Gasteiger partial charge is 0.335 e. The third-order valence-electron chi connectivity index (χ3n) is 2.73. The molecule has 0 aliphatic rings. The van der Waals surface area contributed by atoms with Crippen LogP contribution in [0.2, 0.25) is 0 Å². The summed E-state index contributed by atoms with van der Waals surface area (Å²) in [5.74, 6) is -1.24. The van der Waals surface area contributed by atoms with E-state index in [0.717, 1.165) is 0 Å². The number of rotatable bonds is 5. The molecule has 0 fully saturated rings. The molecule has 0 aliphatic carbocycles. The molecule has 1 rings (SSSR count). The second-order valence-corrected chi connectivity index (χ2v) is 4.57. The van der Waals surface area contributed by atoms with Crippen molar-refractivity contribution < 1.29 is 14.7 Å². The van der Waals surface area contributed by atoms with Crippen LogP contribution in [0.5, 0.6) is 0 Å². The molecule has 20 heavy (non-hydrogen) atoms. The van der Waals surface area contributed by atoms with Crippen LogP contribution in [0.1, 0.15) is 22.8 Å². The molecule has 0 aliphatic heterocycles. The van der Waals surface area contributed by atoms with Crippen LogP contribution in [0, 0.1) is 17.2 Å². The number of benzene rings is 1. The molecule has 106 valence electrons. The zero-order chi connectivity index (χ0) is 15.1. The van der Waals surface area contributed by atoms with Crippen molar-refractivity contribution in [2.24, 2.45) is 5.92 Å². The summed E-state index contributed by atoms with van der Waals surface area (Å²) in [6.07, 6.45) is 0. The average Bonchev–Trinajstić information content (AvgIpc) is 2.44. The van der Waals surface area contributed by atoms with E-state index in [2.05, 4.69) is 11.4 Å². The van der Waals surface area contributed by atoms with Gasteiger partial charge in [0, 0.05) is 20.1 Å². The molecule has 0 saturated carbocycles. The maximum atomic E-state index is 11.8. The quantitative estimate of drug-likeness (QED) is 0.855. The highest BCUT2D eigenvalue weighted by molar-refractivity contribution is 5.87. The first-order valence-electron chi connectivity index (χ1n) is 6.15. The lowest BCUT2D eigenvalue weighted by Crippen LogP contribution is -2.39. The molecule has 1 aromatic carbocycles. The molecule has 0 radical (unpaired) electrons. The van der Waals surface area contributed by atoms with Crippen molar-refractivity contribution in [2.75, 3.05) is 13.6 Å². The Morgan fingerprint density at radius 1 is 1.50 bits per heavy atom. The van der Waals surface area contributed by atoms with E-state index in [0.29, 0.717) is 12.1 Å². The highest BCUT2D eigenvalue weighted by atomic mass is 16.4. The Kier molecular flexibility index (Phi) is 5.54. The van der Waals surface area contributed by atoms with Gasteiger partial charge in [-0.2, -0.15) is 5.26 Å². The van der Waals surface area contributed by atoms with E-state index in [1.807, 2.05) is 0 Å². The summed E-state index contributed by atoms with van der Waals surface area (Å²) in [5.41, 5.74) is 0.892. The predicted molar refractivity (Wildman–Crippen MR) is 73.0 cm³/mol. The molecule has 6 nitrogen and oxygen atoms in total. The van der Waals surface area contributed by atoms with Gasteiger partial charge >= 0.3 is 12.0 Å². The summed E-state index contributed by atoms with van der Waals surface area (Å²) >= 11 is 0. The first-order valence-corrected chi connectivity index (χ1v) is 6.15. The molecule has 0 heterocycles. The Labute approximate surface area is 117 Å². The van der Waals surface area contributed by atoms with Gasteiger partial charge in [0.15, 0.2) is 0 Å². The van der Waals surface area contributed by atoms with E-state index in [1.165, 1.54) is 17.0 Å². The standard InChI is InChI=1S/C14H17N3O3/c1-10(7-15)9-17(2)14(20)16-8-11-4-3-5-12(6-11)13(18)19/h3-6,10H,8-9H2,1-2H3,(H,16,20)(H,18,19). The molecule has 6 heteroatoms. The number of urea groups is 1. The lowest BCUT2D eigenvalue weighted by atomic mass is 10.1. The maximum absolute atomic E-state index is 11.8. The lowest BCUT2D eigenvalue weighted by molar-refractivity contribution is 0.0696. The summed E-state index contributed by atoms with van der Waals surface area (Å²) in [5, 5.41) is 20.2. The van der Waals surface area contributed by atoms with E-state index in [-0.39, 0.29) is 24.1 Å². The monoisotopic (exact) mass is 275 g/mol. The summed E-state index contributed by atoms with van der Waals surface area (Å²) < 4.78 is 0. The largest absolute Gasteiger partial charge is 0.478 e. The minimum Gasteiger partial charge on any atom is -0.478 e. The molecule has 1 aromatic rings. The number of carboxylic acid groups (broad SMARTS) is 1. The Morgan fingerprint density at radius 3 is 2.80 bits per heavy atom. The molecule has 2 amide bonds. The third kappa shape index (κ3) is 4.61. The van der Waals surface area contributed by atoms with Gasteiger partial charge < -0.3 is 15.3 Å². The van der Waals surface area contributed by atoms with Crippen LogP contribution in [0.3, 0.4) is 0 Å². The van der Waals surface area contributed by atoms with Gasteiger partial charge in [-0.25, -0.2) is 9.59 Å². The van der Waals surface area contributed by atoms with Gasteiger partial charge in [0.25, 0.3) is 0 Å². The van der Waals surface area contributed by atoms with Crippen LogP contribution in [0.25, 0.3) is 0 Å². The Bertz CT molecular complexity index is 537. The number of amides is 2. The van der Waals surface area contributed by atoms with Crippen molar-refractivity contribution in [2.45, 2.75) is 13.5 Å². The molecule has 0 spiro atoms. The van der Waals surface area contributed by atoms with Crippen molar-refractivity contribution >= 4 is 12.0 Å². The van der Waals surface area contributed by atoms with Crippen LogP contribution in [-0.2, 0) is 6.54 Å². The number of hydrogen-bond donors (Lipinski definition) is 2. The van der Waals surface area contributed by atoms with Crippen LogP contribution >= 0.6 is 0 Å². The highest BCUT2D eigenvalue weighted by Gasteiger charge is 2.11. The minimum atomic E-state index is -1.00. The number of nitrogens with one attached hydrogen (secondary N) is 1. The zero-order valence-corrected chi connectivity index (χ0v) is 11.5. The van der Waals surface area contributed by atoms with E-state index in [9.17, 15) is 9.59 Å². The van der Waals surface area contributed by atoms with Gasteiger partial charge in [-0.15, -0.1) is 0 Å². The van der Waals surface area contributed by atoms with E-state index in [1.54, 1.807) is 26.1 Å². The number of carbonyl (C=O) groups excluding carboxylic acids is 1. The maximum Gasteiger partial charge on any atom is 0.335 e. The minimum absolute atomic E-state index is 0.184. The molecule has 1 unspecified atom stereocenters. The van der Waals surface area contributed by atoms with E-state index < -0.39 is 5.97 Å². The van der Waals surface area contributed by atoms with Gasteiger partial charge in [0.2, 0.25) is 0 Å². The normalized spacial score (nSPS) is 11.2. The molecule has 0 aromatic heterocycles. The van der Waals surface area contributed by atoms with Crippen LogP contribution in [0.15, 0.2) is 24.3 Å². The van der Waals surface area contributed by atoms with Crippen molar-refractivity contribution in [1.29, 1.82) is 5.26 Å². The fourth-order valence-corrected chi connectivity index (χ4v) is 1.66. The predicted octanol–water partition coefficient (Wildman–Crippen LogP) is 1.69. The summed E-state index contributed by atoms with van der Waals surface area (Å²) in [4.78, 5) is 24.0. The molecule has 1 atom stereocenters. The molecular weight excluding hydrogens is 258 g/mol. The third-order valence-corrected chi connectivity index (χ3v) is 2.73. The number of carbonyl (C=O) groups is 2. The second kappa shape index (κ2) is 7.14. The number of hydrogen-bond acceptors (Lipinski definition) is 3. The van der Waals surface area contributed by atoms with E-state index in [4.69, 9.17) is 10.4 Å². The lowest BCUT2D eigenvalue weighted by Gasteiger charge is -2.19. The summed E-state index contributed by atoms with van der Waals surface area (Å²) in [6.45, 7) is 2.32. The van der Waals surface area contributed by atoms with Crippen LogP contribution < -0.4 is 5.32 Å². The summed E-state index contributed by atoms with van der Waals surface area (Å²) in [7, 11) is 1.61. The van der Waals surface area contributed by atoms with Gasteiger partial charge in [-0.3, -0.25) is 0 Å². The Hall–Kier alpha value is -2.55. The first-order chi connectivity index (χ1) is 9.43. The first kappa shape index (κ1) is 15.5. The summed E-state index contributed by atoms with van der Waals surface area (Å²) in [6, 6.07) is 8.14. The topological polar surface area (TPSA) is 93.4 Å². The fourth-order valence-electron chi connectivity index (χ4n) is 1.66. The second-order valence-electron chi connectivity index (χ2n) is 4.57. The number of aromatic carboxylic acids is 1. The van der Waals surface area contributed by atoms with Crippen molar-refractivity contribution in [3.63, 3.8) is 0 Å². The van der Waals surface area contributed by atoms with Crippen LogP contribution in [-0.4, -0.2) is 35.6 Å². The SMILES string of the molecule is CC(C#N)CN(C)C(=O)NCc1cccc(C(=O)O)c1. The van der Waals surface area contributed by atoms with Gasteiger partial charge in [0.05, 0.1) is 17.6 Å². The molecule has 2 N–H and O–H groups in total. The highest BCUT2D eigenvalue weighted by Crippen LogP contribution is 2.05.